The second-order valence-electron chi connectivity index (χ2n) is 3.37. The fourth-order valence-corrected chi connectivity index (χ4v) is 1.74. The van der Waals surface area contributed by atoms with Gasteiger partial charge in [0.25, 0.3) is 0 Å². The van der Waals surface area contributed by atoms with Crippen LogP contribution in [0.5, 0.6) is 0 Å². The number of amides is 1. The van der Waals surface area contributed by atoms with Crippen molar-refractivity contribution in [2.45, 2.75) is 12.8 Å². The number of aromatic carboxylic acids is 1. The number of anilines is 1. The van der Waals surface area contributed by atoms with E-state index in [2.05, 4.69) is 11.9 Å². The van der Waals surface area contributed by atoms with Gasteiger partial charge in [0, 0.05) is 9.99 Å². The largest absolute Gasteiger partial charge is 0.478 e. The van der Waals surface area contributed by atoms with E-state index >= 15 is 0 Å². The summed E-state index contributed by atoms with van der Waals surface area (Å²) in [6, 6.07) is 4.86. The summed E-state index contributed by atoms with van der Waals surface area (Å²) in [6.45, 7) is 3.52. The molecule has 1 aromatic carbocycles. The summed E-state index contributed by atoms with van der Waals surface area (Å²) >= 11 is 2.02. The standard InChI is InChI=1S/C12H12INO3/c1-2-3-4-11(15)14-10-6-5-8(13)7-9(10)12(16)17/h2,5-7H,1,3-4H2,(H,14,15)(H,16,17). The molecule has 17 heavy (non-hydrogen) atoms. The molecule has 0 aliphatic carbocycles. The van der Waals surface area contributed by atoms with Gasteiger partial charge in [-0.3, -0.25) is 4.79 Å². The first-order chi connectivity index (χ1) is 8.04. The zero-order valence-corrected chi connectivity index (χ0v) is 11.2. The van der Waals surface area contributed by atoms with Crippen molar-refractivity contribution in [3.63, 3.8) is 0 Å². The van der Waals surface area contributed by atoms with Crippen LogP contribution in [0.3, 0.4) is 0 Å². The number of carbonyl (C=O) groups excluding carboxylic acids is 1. The highest BCUT2D eigenvalue weighted by atomic mass is 127. The summed E-state index contributed by atoms with van der Waals surface area (Å²) in [5.41, 5.74) is 0.427. The smallest absolute Gasteiger partial charge is 0.337 e. The molecule has 0 bridgehead atoms. The highest BCUT2D eigenvalue weighted by Gasteiger charge is 2.12. The number of hydrogen-bond acceptors (Lipinski definition) is 2. The topological polar surface area (TPSA) is 66.4 Å². The fourth-order valence-electron chi connectivity index (χ4n) is 1.25. The summed E-state index contributed by atoms with van der Waals surface area (Å²) in [5.74, 6) is -1.27. The molecule has 1 aromatic rings. The van der Waals surface area contributed by atoms with Crippen LogP contribution in [0.4, 0.5) is 5.69 Å². The first-order valence-electron chi connectivity index (χ1n) is 4.98. The summed E-state index contributed by atoms with van der Waals surface area (Å²) in [6.07, 6.45) is 2.51. The Balaban J connectivity index is 2.86. The van der Waals surface area contributed by atoms with Crippen molar-refractivity contribution in [3.8, 4) is 0 Å². The molecule has 0 fully saturated rings. The maximum absolute atomic E-state index is 11.5. The lowest BCUT2D eigenvalue weighted by Crippen LogP contribution is -2.14. The average Bonchev–Trinajstić information content (AvgIpc) is 2.28. The Labute approximate surface area is 113 Å². The van der Waals surface area contributed by atoms with E-state index in [1.165, 1.54) is 6.07 Å². The maximum Gasteiger partial charge on any atom is 0.337 e. The summed E-state index contributed by atoms with van der Waals surface area (Å²) in [7, 11) is 0. The number of allylic oxidation sites excluding steroid dienone is 1. The van der Waals surface area contributed by atoms with Crippen molar-refractivity contribution < 1.29 is 14.7 Å². The van der Waals surface area contributed by atoms with Crippen LogP contribution in [-0.2, 0) is 4.79 Å². The zero-order chi connectivity index (χ0) is 12.8. The zero-order valence-electron chi connectivity index (χ0n) is 9.07. The van der Waals surface area contributed by atoms with Gasteiger partial charge >= 0.3 is 5.97 Å². The molecule has 1 rings (SSSR count). The minimum Gasteiger partial charge on any atom is -0.478 e. The van der Waals surface area contributed by atoms with Gasteiger partial charge in [-0.2, -0.15) is 0 Å². The number of rotatable bonds is 5. The molecule has 0 spiro atoms. The molecule has 1 amide bonds. The van der Waals surface area contributed by atoms with E-state index in [4.69, 9.17) is 5.11 Å². The van der Waals surface area contributed by atoms with Crippen LogP contribution in [0.1, 0.15) is 23.2 Å². The summed E-state index contributed by atoms with van der Waals surface area (Å²) < 4.78 is 0.809. The first kappa shape index (κ1) is 13.7. The van der Waals surface area contributed by atoms with E-state index in [1.54, 1.807) is 18.2 Å². The minimum absolute atomic E-state index is 0.101. The molecule has 0 aromatic heterocycles. The molecule has 0 unspecified atom stereocenters. The van der Waals surface area contributed by atoms with Gasteiger partial charge in [-0.1, -0.05) is 6.08 Å². The third kappa shape index (κ3) is 4.18. The second-order valence-corrected chi connectivity index (χ2v) is 4.62. The van der Waals surface area contributed by atoms with Gasteiger partial charge in [0.15, 0.2) is 0 Å². The molecule has 0 aliphatic rings. The maximum atomic E-state index is 11.5. The molecule has 0 heterocycles. The molecule has 5 heteroatoms. The monoisotopic (exact) mass is 345 g/mol. The number of nitrogens with one attached hydrogen (secondary N) is 1. The number of carbonyl (C=O) groups is 2. The van der Waals surface area contributed by atoms with Crippen molar-refractivity contribution >= 4 is 40.2 Å². The van der Waals surface area contributed by atoms with E-state index < -0.39 is 5.97 Å². The lowest BCUT2D eigenvalue weighted by atomic mass is 10.1. The van der Waals surface area contributed by atoms with Crippen LogP contribution in [-0.4, -0.2) is 17.0 Å². The Hall–Kier alpha value is -1.37. The number of hydrogen-bond donors (Lipinski definition) is 2. The minimum atomic E-state index is -1.05. The van der Waals surface area contributed by atoms with Crippen molar-refractivity contribution in [1.82, 2.24) is 0 Å². The molecule has 0 atom stereocenters. The van der Waals surface area contributed by atoms with Gasteiger partial charge in [0.2, 0.25) is 5.91 Å². The predicted octanol–water partition coefficient (Wildman–Crippen LogP) is 2.89. The van der Waals surface area contributed by atoms with Crippen molar-refractivity contribution in [1.29, 1.82) is 0 Å². The molecular weight excluding hydrogens is 333 g/mol. The molecule has 0 saturated heterocycles. The van der Waals surface area contributed by atoms with Gasteiger partial charge in [0.05, 0.1) is 11.3 Å². The Kier molecular flexibility index (Phi) is 5.14. The SMILES string of the molecule is C=CCCC(=O)Nc1ccc(I)cc1C(=O)O. The molecule has 0 radical (unpaired) electrons. The van der Waals surface area contributed by atoms with Crippen LogP contribution in [0.15, 0.2) is 30.9 Å². The van der Waals surface area contributed by atoms with E-state index in [1.807, 2.05) is 22.6 Å². The van der Waals surface area contributed by atoms with Crippen LogP contribution in [0.25, 0.3) is 0 Å². The number of carboxylic acid groups (broad SMARTS) is 1. The number of benzene rings is 1. The van der Waals surface area contributed by atoms with Crippen LogP contribution in [0, 0.1) is 3.57 Å². The number of carboxylic acids is 1. The second kappa shape index (κ2) is 6.39. The lowest BCUT2D eigenvalue weighted by Gasteiger charge is -2.08. The van der Waals surface area contributed by atoms with Crippen LogP contribution in [0.2, 0.25) is 0 Å². The Morgan fingerprint density at radius 1 is 1.47 bits per heavy atom. The number of halogens is 1. The van der Waals surface area contributed by atoms with Crippen molar-refractivity contribution in [3.05, 3.63) is 40.0 Å². The Morgan fingerprint density at radius 3 is 2.76 bits per heavy atom. The van der Waals surface area contributed by atoms with Crippen molar-refractivity contribution in [2.75, 3.05) is 5.32 Å². The molecular formula is C12H12INO3. The quantitative estimate of drug-likeness (QED) is 0.637. The summed E-state index contributed by atoms with van der Waals surface area (Å²) in [4.78, 5) is 22.5. The molecule has 0 saturated carbocycles. The fraction of sp³-hybridized carbons (Fsp3) is 0.167. The molecule has 2 N–H and O–H groups in total. The lowest BCUT2D eigenvalue weighted by molar-refractivity contribution is -0.116. The van der Waals surface area contributed by atoms with E-state index in [0.717, 1.165) is 3.57 Å². The van der Waals surface area contributed by atoms with Gasteiger partial charge in [-0.15, -0.1) is 6.58 Å². The third-order valence-corrected chi connectivity index (χ3v) is 2.73. The van der Waals surface area contributed by atoms with E-state index in [0.29, 0.717) is 18.5 Å². The van der Waals surface area contributed by atoms with Crippen LogP contribution < -0.4 is 5.32 Å². The Bertz CT molecular complexity index is 457. The van der Waals surface area contributed by atoms with Gasteiger partial charge < -0.3 is 10.4 Å². The van der Waals surface area contributed by atoms with Gasteiger partial charge in [-0.25, -0.2) is 4.79 Å². The van der Waals surface area contributed by atoms with Crippen molar-refractivity contribution in [2.24, 2.45) is 0 Å². The first-order valence-corrected chi connectivity index (χ1v) is 6.06. The molecule has 90 valence electrons. The van der Waals surface area contributed by atoms with E-state index in [9.17, 15) is 9.59 Å². The van der Waals surface area contributed by atoms with Gasteiger partial charge in [-0.05, 0) is 47.2 Å². The molecule has 4 nitrogen and oxygen atoms in total. The molecule has 0 aliphatic heterocycles. The van der Waals surface area contributed by atoms with Crippen LogP contribution >= 0.6 is 22.6 Å². The average molecular weight is 345 g/mol. The third-order valence-electron chi connectivity index (χ3n) is 2.06. The Morgan fingerprint density at radius 2 is 2.18 bits per heavy atom. The normalized spacial score (nSPS) is 9.71. The summed E-state index contributed by atoms with van der Waals surface area (Å²) in [5, 5.41) is 11.6. The predicted molar refractivity (Wildman–Crippen MR) is 74.2 cm³/mol. The highest BCUT2D eigenvalue weighted by Crippen LogP contribution is 2.19. The van der Waals surface area contributed by atoms with Gasteiger partial charge in [0.1, 0.15) is 0 Å². The highest BCUT2D eigenvalue weighted by molar-refractivity contribution is 14.1. The van der Waals surface area contributed by atoms with E-state index in [-0.39, 0.29) is 11.5 Å².